The second-order valence-electron chi connectivity index (χ2n) is 8.35. The average Bonchev–Trinajstić information content (AvgIpc) is 2.93. The third-order valence-electron chi connectivity index (χ3n) is 5.55. The van der Waals surface area contributed by atoms with E-state index in [9.17, 15) is 9.59 Å². The molecule has 0 aliphatic carbocycles. The number of ketones is 1. The van der Waals surface area contributed by atoms with E-state index >= 15 is 0 Å². The van der Waals surface area contributed by atoms with Crippen molar-refractivity contribution >= 4 is 34.8 Å². The molecule has 0 radical (unpaired) electrons. The van der Waals surface area contributed by atoms with Crippen molar-refractivity contribution in [3.05, 3.63) is 126 Å². The van der Waals surface area contributed by atoms with Crippen molar-refractivity contribution in [3.63, 3.8) is 0 Å². The monoisotopic (exact) mass is 492 g/mol. The summed E-state index contributed by atoms with van der Waals surface area (Å²) in [6.45, 7) is 3.71. The first-order chi connectivity index (χ1) is 18.0. The highest BCUT2D eigenvalue weighted by molar-refractivity contribution is 6.03. The molecule has 3 aromatic carbocycles. The molecule has 1 unspecified atom stereocenters. The van der Waals surface area contributed by atoms with Gasteiger partial charge in [0.2, 0.25) is 5.91 Å². The summed E-state index contributed by atoms with van der Waals surface area (Å²) in [5.41, 5.74) is 10.8. The molecule has 1 amide bonds. The lowest BCUT2D eigenvalue weighted by atomic mass is 10.0. The number of pyridine rings is 1. The summed E-state index contributed by atoms with van der Waals surface area (Å²) >= 11 is 0. The molecule has 0 aliphatic rings. The molecule has 1 heterocycles. The molecule has 4 rings (SSSR count). The lowest BCUT2D eigenvalue weighted by Crippen LogP contribution is -2.18. The van der Waals surface area contributed by atoms with Crippen LogP contribution in [-0.2, 0) is 16.0 Å². The number of amides is 1. The Bertz CT molecular complexity index is 1300. The van der Waals surface area contributed by atoms with Crippen molar-refractivity contribution in [2.45, 2.75) is 26.3 Å². The SMILES string of the molecule is CC(=O)C(Nc1cccnc1)c1ccc(/C=C/C(=O)Nc2ccccc2N)cc1.CCc1ccccc1. The number of rotatable bonds is 8. The lowest BCUT2D eigenvalue weighted by molar-refractivity contribution is -0.117. The van der Waals surface area contributed by atoms with Crippen molar-refractivity contribution in [1.29, 1.82) is 0 Å². The first-order valence-corrected chi connectivity index (χ1v) is 12.1. The molecule has 188 valence electrons. The number of carbonyl (C=O) groups excluding carboxylic acids is 2. The van der Waals surface area contributed by atoms with Crippen LogP contribution in [0.5, 0.6) is 0 Å². The second-order valence-corrected chi connectivity index (χ2v) is 8.35. The summed E-state index contributed by atoms with van der Waals surface area (Å²) in [6.07, 6.45) is 7.64. The van der Waals surface area contributed by atoms with Gasteiger partial charge in [-0.3, -0.25) is 14.6 Å². The molecular weight excluding hydrogens is 460 g/mol. The van der Waals surface area contributed by atoms with Crippen molar-refractivity contribution in [3.8, 4) is 0 Å². The number of aromatic nitrogens is 1. The first-order valence-electron chi connectivity index (χ1n) is 12.1. The van der Waals surface area contributed by atoms with E-state index in [2.05, 4.69) is 46.8 Å². The molecular formula is C31H32N4O2. The van der Waals surface area contributed by atoms with Crippen LogP contribution in [0.25, 0.3) is 6.08 Å². The molecule has 1 atom stereocenters. The Balaban J connectivity index is 0.000000405. The Labute approximate surface area is 218 Å². The quantitative estimate of drug-likeness (QED) is 0.198. The number of hydrogen-bond donors (Lipinski definition) is 3. The minimum atomic E-state index is -0.471. The minimum Gasteiger partial charge on any atom is -0.397 e. The molecule has 0 fully saturated rings. The van der Waals surface area contributed by atoms with Gasteiger partial charge in [-0.2, -0.15) is 0 Å². The molecule has 6 heteroatoms. The van der Waals surface area contributed by atoms with Crippen LogP contribution in [0.3, 0.4) is 0 Å². The largest absolute Gasteiger partial charge is 0.397 e. The predicted octanol–water partition coefficient (Wildman–Crippen LogP) is 6.31. The number of hydrogen-bond acceptors (Lipinski definition) is 5. The summed E-state index contributed by atoms with van der Waals surface area (Å²) in [6, 6.07) is 28.2. The number of nitrogens with one attached hydrogen (secondary N) is 2. The Morgan fingerprint density at radius 3 is 2.22 bits per heavy atom. The number of aryl methyl sites for hydroxylation is 1. The fourth-order valence-corrected chi connectivity index (χ4v) is 3.50. The molecule has 4 N–H and O–H groups in total. The van der Waals surface area contributed by atoms with Gasteiger partial charge < -0.3 is 16.4 Å². The van der Waals surface area contributed by atoms with Crippen molar-refractivity contribution in [1.82, 2.24) is 4.98 Å². The number of Topliss-reactive ketones (excluding diaryl/α,β-unsaturated/α-hetero) is 1. The van der Waals surface area contributed by atoms with Crippen LogP contribution in [0.4, 0.5) is 17.1 Å². The normalized spacial score (nSPS) is 11.2. The van der Waals surface area contributed by atoms with Crippen LogP contribution < -0.4 is 16.4 Å². The fourth-order valence-electron chi connectivity index (χ4n) is 3.50. The third kappa shape index (κ3) is 8.78. The van der Waals surface area contributed by atoms with E-state index in [4.69, 9.17) is 5.73 Å². The van der Waals surface area contributed by atoms with E-state index in [0.29, 0.717) is 11.4 Å². The van der Waals surface area contributed by atoms with Gasteiger partial charge in [-0.25, -0.2) is 0 Å². The second kappa shape index (κ2) is 14.0. The van der Waals surface area contributed by atoms with Crippen LogP contribution in [0, 0.1) is 0 Å². The molecule has 37 heavy (non-hydrogen) atoms. The van der Waals surface area contributed by atoms with E-state index in [-0.39, 0.29) is 11.7 Å². The first kappa shape index (κ1) is 26.9. The molecule has 6 nitrogen and oxygen atoms in total. The highest BCUT2D eigenvalue weighted by atomic mass is 16.1. The third-order valence-corrected chi connectivity index (χ3v) is 5.55. The maximum absolute atomic E-state index is 12.1. The number of carbonyl (C=O) groups is 2. The number of benzene rings is 3. The number of nitrogens with zero attached hydrogens (tertiary/aromatic N) is 1. The number of anilines is 3. The van der Waals surface area contributed by atoms with Crippen molar-refractivity contribution in [2.24, 2.45) is 0 Å². The maximum Gasteiger partial charge on any atom is 0.248 e. The van der Waals surface area contributed by atoms with Gasteiger partial charge in [-0.05, 0) is 60.4 Å². The van der Waals surface area contributed by atoms with Gasteiger partial charge in [0.25, 0.3) is 0 Å². The van der Waals surface area contributed by atoms with Crippen LogP contribution >= 0.6 is 0 Å². The van der Waals surface area contributed by atoms with Gasteiger partial charge in [0.1, 0.15) is 6.04 Å². The topological polar surface area (TPSA) is 97.1 Å². The van der Waals surface area contributed by atoms with Gasteiger partial charge in [0.15, 0.2) is 5.78 Å². The van der Waals surface area contributed by atoms with Crippen LogP contribution in [0.15, 0.2) is 109 Å². The molecule has 0 saturated carbocycles. The van der Waals surface area contributed by atoms with E-state index in [1.54, 1.807) is 49.7 Å². The zero-order valence-corrected chi connectivity index (χ0v) is 21.1. The molecule has 0 bridgehead atoms. The predicted molar refractivity (Wildman–Crippen MR) is 152 cm³/mol. The van der Waals surface area contributed by atoms with Crippen molar-refractivity contribution < 1.29 is 9.59 Å². The Kier molecular flexibility index (Phi) is 10.2. The zero-order valence-electron chi connectivity index (χ0n) is 21.1. The molecule has 0 aliphatic heterocycles. The highest BCUT2D eigenvalue weighted by Crippen LogP contribution is 2.21. The van der Waals surface area contributed by atoms with E-state index < -0.39 is 6.04 Å². The van der Waals surface area contributed by atoms with Crippen LogP contribution in [0.1, 0.15) is 36.6 Å². The minimum absolute atomic E-state index is 0.00280. The van der Waals surface area contributed by atoms with E-state index in [0.717, 1.165) is 23.2 Å². The van der Waals surface area contributed by atoms with E-state index in [1.807, 2.05) is 42.5 Å². The Morgan fingerprint density at radius 2 is 1.62 bits per heavy atom. The number of para-hydroxylation sites is 2. The fraction of sp³-hybridized carbons (Fsp3) is 0.129. The summed E-state index contributed by atoms with van der Waals surface area (Å²) in [5.74, 6) is -0.274. The summed E-state index contributed by atoms with van der Waals surface area (Å²) < 4.78 is 0. The van der Waals surface area contributed by atoms with Gasteiger partial charge in [0, 0.05) is 18.5 Å². The molecule has 4 aromatic rings. The smallest absolute Gasteiger partial charge is 0.248 e. The highest BCUT2D eigenvalue weighted by Gasteiger charge is 2.16. The lowest BCUT2D eigenvalue weighted by Gasteiger charge is -2.17. The maximum atomic E-state index is 12.1. The average molecular weight is 493 g/mol. The van der Waals surface area contributed by atoms with Crippen LogP contribution in [0.2, 0.25) is 0 Å². The summed E-state index contributed by atoms with van der Waals surface area (Å²) in [4.78, 5) is 28.2. The number of nitrogens with two attached hydrogens (primary N) is 1. The van der Waals surface area contributed by atoms with Gasteiger partial charge >= 0.3 is 0 Å². The Morgan fingerprint density at radius 1 is 0.919 bits per heavy atom. The molecule has 1 aromatic heterocycles. The molecule has 0 spiro atoms. The van der Waals surface area contributed by atoms with Gasteiger partial charge in [-0.1, -0.05) is 73.7 Å². The summed E-state index contributed by atoms with van der Waals surface area (Å²) in [7, 11) is 0. The van der Waals surface area contributed by atoms with Gasteiger partial charge in [-0.15, -0.1) is 0 Å². The summed E-state index contributed by atoms with van der Waals surface area (Å²) in [5, 5.41) is 5.93. The van der Waals surface area contributed by atoms with Crippen LogP contribution in [-0.4, -0.2) is 16.7 Å². The van der Waals surface area contributed by atoms with E-state index in [1.165, 1.54) is 11.6 Å². The zero-order chi connectivity index (χ0) is 26.5. The standard InChI is InChI=1S/C23H22N4O2.C8H10/c1-16(28)23(26-19-5-4-14-25-15-19)18-11-8-17(9-12-18)10-13-22(29)27-21-7-3-2-6-20(21)24;1-2-8-6-4-3-5-7-8/h2-15,23,26H,24H2,1H3,(H,27,29);3-7H,2H2,1H3/b13-10+;. The van der Waals surface area contributed by atoms with Crippen molar-refractivity contribution in [2.75, 3.05) is 16.4 Å². The van der Waals surface area contributed by atoms with Gasteiger partial charge in [0.05, 0.1) is 17.1 Å². The Hall–Kier alpha value is -4.71. The molecule has 0 saturated heterocycles. The number of nitrogen functional groups attached to an aromatic ring is 1.